The van der Waals surface area contributed by atoms with Gasteiger partial charge in [0.1, 0.15) is 5.82 Å². The first-order chi connectivity index (χ1) is 9.71. The maximum absolute atomic E-state index is 4.62. The van der Waals surface area contributed by atoms with Gasteiger partial charge in [-0.2, -0.15) is 4.98 Å². The molecule has 1 aromatic heterocycles. The second kappa shape index (κ2) is 5.82. The summed E-state index contributed by atoms with van der Waals surface area (Å²) in [5.74, 6) is 1.68. The molecule has 1 heterocycles. The van der Waals surface area contributed by atoms with Gasteiger partial charge in [0.2, 0.25) is 5.95 Å². The van der Waals surface area contributed by atoms with Crippen molar-refractivity contribution in [1.29, 1.82) is 0 Å². The van der Waals surface area contributed by atoms with Crippen molar-refractivity contribution < 1.29 is 0 Å². The summed E-state index contributed by atoms with van der Waals surface area (Å²) in [7, 11) is 0. The van der Waals surface area contributed by atoms with Crippen molar-refractivity contribution in [1.82, 2.24) is 9.97 Å². The van der Waals surface area contributed by atoms with E-state index in [1.54, 1.807) is 0 Å². The van der Waals surface area contributed by atoms with Gasteiger partial charge >= 0.3 is 0 Å². The van der Waals surface area contributed by atoms with E-state index in [0.717, 1.165) is 17.9 Å². The van der Waals surface area contributed by atoms with E-state index in [-0.39, 0.29) is 0 Å². The largest absolute Gasteiger partial charge is 0.367 e. The highest BCUT2D eigenvalue weighted by molar-refractivity contribution is 5.47. The monoisotopic (exact) mass is 290 g/mol. The van der Waals surface area contributed by atoms with E-state index in [4.69, 9.17) is 0 Å². The molecular formula is C17H30N4. The Morgan fingerprint density at radius 2 is 1.81 bits per heavy atom. The van der Waals surface area contributed by atoms with Crippen molar-refractivity contribution in [3.63, 3.8) is 0 Å². The Bertz CT molecular complexity index is 478. The average Bonchev–Trinajstić information content (AvgIpc) is 2.29. The molecule has 0 aromatic carbocycles. The van der Waals surface area contributed by atoms with E-state index in [0.29, 0.717) is 22.8 Å². The zero-order valence-corrected chi connectivity index (χ0v) is 14.4. The molecule has 0 saturated heterocycles. The van der Waals surface area contributed by atoms with Crippen LogP contribution in [0.15, 0.2) is 6.20 Å². The molecule has 0 unspecified atom stereocenters. The molecule has 0 amide bonds. The number of aromatic nitrogens is 2. The molecule has 1 aliphatic rings. The van der Waals surface area contributed by atoms with Gasteiger partial charge in [-0.15, -0.1) is 0 Å². The molecule has 0 atom stereocenters. The lowest BCUT2D eigenvalue weighted by Crippen LogP contribution is -2.40. The summed E-state index contributed by atoms with van der Waals surface area (Å²) in [5.41, 5.74) is 1.87. The minimum absolute atomic E-state index is 0.380. The van der Waals surface area contributed by atoms with Crippen LogP contribution in [-0.4, -0.2) is 22.6 Å². The van der Waals surface area contributed by atoms with Crippen molar-refractivity contribution in [2.45, 2.75) is 66.8 Å². The summed E-state index contributed by atoms with van der Waals surface area (Å²) in [6, 6.07) is 0.479. The van der Waals surface area contributed by atoms with Crippen LogP contribution >= 0.6 is 0 Å². The molecule has 1 aromatic rings. The van der Waals surface area contributed by atoms with Gasteiger partial charge in [-0.25, -0.2) is 4.98 Å². The average molecular weight is 290 g/mol. The lowest BCUT2D eigenvalue weighted by Gasteiger charge is -2.45. The van der Waals surface area contributed by atoms with Gasteiger partial charge in [-0.1, -0.05) is 27.7 Å². The van der Waals surface area contributed by atoms with Crippen molar-refractivity contribution in [3.05, 3.63) is 11.8 Å². The Kier molecular flexibility index (Phi) is 4.45. The standard InChI is InChI=1S/C17H30N4/c1-7-18-15-19-10-12(2)14(21-15)20-13-8-16(3,4)11-17(5,6)9-13/h10,13H,7-9,11H2,1-6H3,(H2,18,19,20,21). The molecule has 0 radical (unpaired) electrons. The van der Waals surface area contributed by atoms with Crippen LogP contribution < -0.4 is 10.6 Å². The van der Waals surface area contributed by atoms with Crippen LogP contribution in [-0.2, 0) is 0 Å². The zero-order chi connectivity index (χ0) is 15.7. The number of rotatable bonds is 4. The highest BCUT2D eigenvalue weighted by atomic mass is 15.1. The molecule has 4 heteroatoms. The first-order valence-electron chi connectivity index (χ1n) is 8.05. The fourth-order valence-corrected chi connectivity index (χ4v) is 3.97. The first kappa shape index (κ1) is 16.1. The van der Waals surface area contributed by atoms with E-state index in [2.05, 4.69) is 62.1 Å². The van der Waals surface area contributed by atoms with E-state index >= 15 is 0 Å². The summed E-state index contributed by atoms with van der Waals surface area (Å²) in [4.78, 5) is 8.94. The predicted octanol–water partition coefficient (Wildman–Crippen LogP) is 4.23. The molecule has 118 valence electrons. The van der Waals surface area contributed by atoms with Gasteiger partial charge in [0.15, 0.2) is 0 Å². The minimum atomic E-state index is 0.380. The van der Waals surface area contributed by atoms with E-state index in [1.165, 1.54) is 19.3 Å². The van der Waals surface area contributed by atoms with E-state index in [1.807, 2.05) is 6.20 Å². The third-order valence-electron chi connectivity index (χ3n) is 4.20. The van der Waals surface area contributed by atoms with Crippen LogP contribution in [0.2, 0.25) is 0 Å². The Morgan fingerprint density at radius 3 is 2.38 bits per heavy atom. The van der Waals surface area contributed by atoms with Crippen LogP contribution in [0.25, 0.3) is 0 Å². The number of hydrogen-bond donors (Lipinski definition) is 2. The van der Waals surface area contributed by atoms with Gasteiger partial charge < -0.3 is 10.6 Å². The molecule has 1 aliphatic carbocycles. The third kappa shape index (κ3) is 4.32. The van der Waals surface area contributed by atoms with E-state index in [9.17, 15) is 0 Å². The number of aryl methyl sites for hydroxylation is 1. The lowest BCUT2D eigenvalue weighted by molar-refractivity contribution is 0.105. The SMILES string of the molecule is CCNc1ncc(C)c(NC2CC(C)(C)CC(C)(C)C2)n1. The van der Waals surface area contributed by atoms with Gasteiger partial charge in [0.05, 0.1) is 0 Å². The lowest BCUT2D eigenvalue weighted by atomic mass is 9.63. The van der Waals surface area contributed by atoms with E-state index < -0.39 is 0 Å². The van der Waals surface area contributed by atoms with Crippen LogP contribution in [0.1, 0.15) is 59.4 Å². The fraction of sp³-hybridized carbons (Fsp3) is 0.765. The van der Waals surface area contributed by atoms with Crippen LogP contribution in [0.3, 0.4) is 0 Å². The molecular weight excluding hydrogens is 260 g/mol. The molecule has 0 bridgehead atoms. The number of hydrogen-bond acceptors (Lipinski definition) is 4. The fourth-order valence-electron chi connectivity index (χ4n) is 3.97. The Balaban J connectivity index is 2.15. The predicted molar refractivity (Wildman–Crippen MR) is 89.8 cm³/mol. The maximum atomic E-state index is 4.62. The molecule has 1 fully saturated rings. The Labute approximate surface area is 129 Å². The van der Waals surface area contributed by atoms with Crippen LogP contribution in [0.5, 0.6) is 0 Å². The summed E-state index contributed by atoms with van der Waals surface area (Å²) in [6.45, 7) is 14.5. The molecule has 0 spiro atoms. The van der Waals surface area contributed by atoms with Crippen LogP contribution in [0, 0.1) is 17.8 Å². The van der Waals surface area contributed by atoms with Crippen molar-refractivity contribution in [3.8, 4) is 0 Å². The molecule has 2 N–H and O–H groups in total. The maximum Gasteiger partial charge on any atom is 0.224 e. The summed E-state index contributed by atoms with van der Waals surface area (Å²) >= 11 is 0. The Hall–Kier alpha value is -1.32. The van der Waals surface area contributed by atoms with Crippen LogP contribution in [0.4, 0.5) is 11.8 Å². The van der Waals surface area contributed by atoms with Crippen molar-refractivity contribution in [2.24, 2.45) is 10.8 Å². The van der Waals surface area contributed by atoms with Gasteiger partial charge in [0, 0.05) is 24.3 Å². The van der Waals surface area contributed by atoms with Crippen molar-refractivity contribution >= 4 is 11.8 Å². The quantitative estimate of drug-likeness (QED) is 0.871. The van der Waals surface area contributed by atoms with Gasteiger partial charge in [-0.05, 0) is 43.9 Å². The smallest absolute Gasteiger partial charge is 0.224 e. The number of nitrogens with one attached hydrogen (secondary N) is 2. The minimum Gasteiger partial charge on any atom is -0.367 e. The second-order valence-electron chi connectivity index (χ2n) is 8.01. The number of nitrogens with zero attached hydrogens (tertiary/aromatic N) is 2. The van der Waals surface area contributed by atoms with Crippen molar-refractivity contribution in [2.75, 3.05) is 17.2 Å². The summed E-state index contributed by atoms with van der Waals surface area (Å²) < 4.78 is 0. The molecule has 0 aliphatic heterocycles. The zero-order valence-electron chi connectivity index (χ0n) is 14.4. The third-order valence-corrected chi connectivity index (χ3v) is 4.20. The van der Waals surface area contributed by atoms with Gasteiger partial charge in [-0.3, -0.25) is 0 Å². The second-order valence-corrected chi connectivity index (χ2v) is 8.01. The Morgan fingerprint density at radius 1 is 1.19 bits per heavy atom. The molecule has 1 saturated carbocycles. The normalized spacial score (nSPS) is 21.0. The number of anilines is 2. The highest BCUT2D eigenvalue weighted by Crippen LogP contribution is 2.46. The topological polar surface area (TPSA) is 49.8 Å². The molecule has 4 nitrogen and oxygen atoms in total. The summed E-state index contributed by atoms with van der Waals surface area (Å²) in [6.07, 6.45) is 5.56. The molecule has 2 rings (SSSR count). The van der Waals surface area contributed by atoms with Gasteiger partial charge in [0.25, 0.3) is 0 Å². The molecule has 21 heavy (non-hydrogen) atoms. The summed E-state index contributed by atoms with van der Waals surface area (Å²) in [5, 5.41) is 6.85. The first-order valence-corrected chi connectivity index (χ1v) is 8.05. The highest BCUT2D eigenvalue weighted by Gasteiger charge is 2.38.